The summed E-state index contributed by atoms with van der Waals surface area (Å²) >= 11 is 6.33. The van der Waals surface area contributed by atoms with Gasteiger partial charge in [0.25, 0.3) is 0 Å². The van der Waals surface area contributed by atoms with Gasteiger partial charge in [0.15, 0.2) is 11.5 Å². The van der Waals surface area contributed by atoms with Crippen LogP contribution in [0.25, 0.3) is 10.9 Å². The van der Waals surface area contributed by atoms with Crippen LogP contribution < -0.4 is 29.2 Å². The van der Waals surface area contributed by atoms with E-state index in [9.17, 15) is 4.79 Å². The van der Waals surface area contributed by atoms with E-state index in [4.69, 9.17) is 45.3 Å². The van der Waals surface area contributed by atoms with Gasteiger partial charge in [-0.15, -0.1) is 12.4 Å². The number of ether oxygens (including phenoxy) is 5. The van der Waals surface area contributed by atoms with Crippen LogP contribution in [0.5, 0.6) is 23.0 Å². The molecule has 0 radical (unpaired) electrons. The number of nitrogens with zero attached hydrogens (tertiary/aromatic N) is 3. The highest BCUT2D eigenvalue weighted by atomic mass is 35.5. The summed E-state index contributed by atoms with van der Waals surface area (Å²) in [6.07, 6.45) is 1.33. The standard InChI is InChI=1S/C27H33ClN4O6.ClH/c1-6-38-26(33)17-9-11-32(12-10-17)27-30-22-18(14-21(35-3)23(36-4)24(22)37-5)25(31-27)29-15-16-7-8-20(34-2)19(28)13-16;/h7-8,13-14,17H,6,9-12,15H2,1-5H3,(H,29,30,31);1H. The minimum Gasteiger partial charge on any atom is -0.495 e. The van der Waals surface area contributed by atoms with Crippen LogP contribution in [0.15, 0.2) is 24.3 Å². The molecule has 0 unspecified atom stereocenters. The molecule has 1 N–H and O–H groups in total. The molecule has 12 heteroatoms. The lowest BCUT2D eigenvalue weighted by molar-refractivity contribution is -0.148. The molecular formula is C27H34Cl2N4O6. The summed E-state index contributed by atoms with van der Waals surface area (Å²) in [5.74, 6) is 2.86. The normalized spacial score (nSPS) is 13.4. The Morgan fingerprint density at radius 1 is 1.00 bits per heavy atom. The molecule has 0 amide bonds. The predicted molar refractivity (Wildman–Crippen MR) is 153 cm³/mol. The van der Waals surface area contributed by atoms with Crippen LogP contribution in [0.3, 0.4) is 0 Å². The Morgan fingerprint density at radius 3 is 2.28 bits per heavy atom. The van der Waals surface area contributed by atoms with Gasteiger partial charge in [-0.2, -0.15) is 4.98 Å². The molecule has 0 aliphatic carbocycles. The predicted octanol–water partition coefficient (Wildman–Crippen LogP) is 5.13. The molecule has 1 aliphatic rings. The smallest absolute Gasteiger partial charge is 0.309 e. The molecule has 2 aromatic carbocycles. The van der Waals surface area contributed by atoms with E-state index in [0.717, 1.165) is 5.56 Å². The van der Waals surface area contributed by atoms with E-state index >= 15 is 0 Å². The number of benzene rings is 2. The quantitative estimate of drug-likeness (QED) is 0.324. The van der Waals surface area contributed by atoms with Crippen LogP contribution in [0, 0.1) is 5.92 Å². The molecule has 1 aliphatic heterocycles. The van der Waals surface area contributed by atoms with Gasteiger partial charge in [0.1, 0.15) is 17.1 Å². The number of hydrogen-bond donors (Lipinski definition) is 1. The Morgan fingerprint density at radius 2 is 1.69 bits per heavy atom. The second-order valence-corrected chi connectivity index (χ2v) is 9.16. The van der Waals surface area contributed by atoms with E-state index < -0.39 is 0 Å². The fourth-order valence-electron chi connectivity index (χ4n) is 4.57. The minimum atomic E-state index is -0.148. The van der Waals surface area contributed by atoms with E-state index in [-0.39, 0.29) is 24.3 Å². The molecule has 3 aromatic rings. The monoisotopic (exact) mass is 580 g/mol. The van der Waals surface area contributed by atoms with Gasteiger partial charge in [0, 0.05) is 19.6 Å². The Kier molecular flexibility index (Phi) is 10.5. The topological polar surface area (TPSA) is 104 Å². The van der Waals surface area contributed by atoms with Crippen molar-refractivity contribution in [3.05, 3.63) is 34.9 Å². The molecule has 1 aromatic heterocycles. The van der Waals surface area contributed by atoms with Crippen molar-refractivity contribution in [3.8, 4) is 23.0 Å². The number of aromatic nitrogens is 2. The summed E-state index contributed by atoms with van der Waals surface area (Å²) in [5.41, 5.74) is 1.53. The first-order valence-corrected chi connectivity index (χ1v) is 12.8. The molecule has 212 valence electrons. The average Bonchev–Trinajstić information content (AvgIpc) is 2.94. The van der Waals surface area contributed by atoms with Gasteiger partial charge in [-0.3, -0.25) is 4.79 Å². The van der Waals surface area contributed by atoms with Crippen LogP contribution in [-0.4, -0.2) is 64.1 Å². The highest BCUT2D eigenvalue weighted by Crippen LogP contribution is 2.45. The first-order chi connectivity index (χ1) is 18.4. The zero-order valence-corrected chi connectivity index (χ0v) is 24.3. The number of rotatable bonds is 10. The number of nitrogens with one attached hydrogen (secondary N) is 1. The number of carbonyl (C=O) groups is 1. The molecule has 4 rings (SSSR count). The van der Waals surface area contributed by atoms with Gasteiger partial charge in [-0.25, -0.2) is 4.98 Å². The van der Waals surface area contributed by atoms with Gasteiger partial charge in [-0.05, 0) is 43.5 Å². The van der Waals surface area contributed by atoms with Gasteiger partial charge >= 0.3 is 5.97 Å². The molecule has 39 heavy (non-hydrogen) atoms. The Bertz CT molecular complexity index is 1300. The maximum absolute atomic E-state index is 12.2. The molecule has 1 saturated heterocycles. The molecule has 2 heterocycles. The lowest BCUT2D eigenvalue weighted by Crippen LogP contribution is -2.38. The van der Waals surface area contributed by atoms with Gasteiger partial charge < -0.3 is 33.9 Å². The fourth-order valence-corrected chi connectivity index (χ4v) is 4.86. The summed E-state index contributed by atoms with van der Waals surface area (Å²) in [7, 11) is 6.27. The number of anilines is 2. The van der Waals surface area contributed by atoms with E-state index in [1.807, 2.05) is 31.2 Å². The molecular weight excluding hydrogens is 547 g/mol. The number of piperidine rings is 1. The summed E-state index contributed by atoms with van der Waals surface area (Å²) in [6, 6.07) is 7.44. The van der Waals surface area contributed by atoms with E-state index in [1.165, 1.54) is 0 Å². The first kappa shape index (κ1) is 30.2. The highest BCUT2D eigenvalue weighted by molar-refractivity contribution is 6.32. The summed E-state index contributed by atoms with van der Waals surface area (Å²) < 4.78 is 27.4. The van der Waals surface area contributed by atoms with Crippen LogP contribution in [0.4, 0.5) is 11.8 Å². The third-order valence-corrected chi connectivity index (χ3v) is 6.85. The summed E-state index contributed by atoms with van der Waals surface area (Å²) in [6.45, 7) is 3.90. The van der Waals surface area contributed by atoms with Crippen molar-refractivity contribution in [3.63, 3.8) is 0 Å². The van der Waals surface area contributed by atoms with Crippen molar-refractivity contribution in [2.75, 3.05) is 58.4 Å². The van der Waals surface area contributed by atoms with Gasteiger partial charge in [-0.1, -0.05) is 17.7 Å². The number of halogens is 2. The number of hydrogen-bond acceptors (Lipinski definition) is 10. The maximum atomic E-state index is 12.2. The number of esters is 1. The molecule has 1 fully saturated rings. The largest absolute Gasteiger partial charge is 0.495 e. The Labute approximate surface area is 239 Å². The van der Waals surface area contributed by atoms with Crippen LogP contribution >= 0.6 is 24.0 Å². The number of carbonyl (C=O) groups excluding carboxylic acids is 1. The highest BCUT2D eigenvalue weighted by Gasteiger charge is 2.29. The van der Waals surface area contributed by atoms with Crippen molar-refractivity contribution in [2.45, 2.75) is 26.3 Å². The summed E-state index contributed by atoms with van der Waals surface area (Å²) in [5, 5.41) is 4.67. The molecule has 0 spiro atoms. The fraction of sp³-hybridized carbons (Fsp3) is 0.444. The van der Waals surface area contributed by atoms with Crippen molar-refractivity contribution < 1.29 is 28.5 Å². The minimum absolute atomic E-state index is 0. The van der Waals surface area contributed by atoms with Crippen molar-refractivity contribution >= 4 is 52.6 Å². The molecule has 0 atom stereocenters. The van der Waals surface area contributed by atoms with Crippen LogP contribution in [0.1, 0.15) is 25.3 Å². The molecule has 10 nitrogen and oxygen atoms in total. The second-order valence-electron chi connectivity index (χ2n) is 8.75. The summed E-state index contributed by atoms with van der Waals surface area (Å²) in [4.78, 5) is 24.1. The lowest BCUT2D eigenvalue weighted by Gasteiger charge is -2.31. The van der Waals surface area contributed by atoms with Crippen molar-refractivity contribution in [2.24, 2.45) is 5.92 Å². The van der Waals surface area contributed by atoms with Crippen molar-refractivity contribution in [1.29, 1.82) is 0 Å². The number of methoxy groups -OCH3 is 4. The van der Waals surface area contributed by atoms with Crippen LogP contribution in [0.2, 0.25) is 5.02 Å². The maximum Gasteiger partial charge on any atom is 0.309 e. The Hall–Kier alpha value is -3.37. The zero-order valence-electron chi connectivity index (χ0n) is 22.7. The second kappa shape index (κ2) is 13.6. The van der Waals surface area contributed by atoms with Crippen molar-refractivity contribution in [1.82, 2.24) is 9.97 Å². The molecule has 0 bridgehead atoms. The SMILES string of the molecule is CCOC(=O)C1CCN(c2nc(NCc3ccc(OC)c(Cl)c3)c3cc(OC)c(OC)c(OC)c3n2)CC1.Cl. The third-order valence-electron chi connectivity index (χ3n) is 6.56. The van der Waals surface area contributed by atoms with E-state index in [1.54, 1.807) is 28.4 Å². The van der Waals surface area contributed by atoms with Gasteiger partial charge in [0.05, 0.1) is 51.4 Å². The van der Waals surface area contributed by atoms with Gasteiger partial charge in [0.2, 0.25) is 11.7 Å². The van der Waals surface area contributed by atoms with Crippen LogP contribution in [-0.2, 0) is 16.1 Å². The molecule has 0 saturated carbocycles. The van der Waals surface area contributed by atoms with E-state index in [2.05, 4.69) is 10.2 Å². The lowest BCUT2D eigenvalue weighted by atomic mass is 9.97. The zero-order chi connectivity index (χ0) is 27.2. The Balaban J connectivity index is 0.00000420. The first-order valence-electron chi connectivity index (χ1n) is 12.4. The third kappa shape index (κ3) is 6.45. The number of fused-ring (bicyclic) bond motifs is 1. The average molecular weight is 581 g/mol. The van der Waals surface area contributed by atoms with E-state index in [0.29, 0.717) is 89.8 Å².